The molecule has 1 rings (SSSR count). The lowest BCUT2D eigenvalue weighted by Crippen LogP contribution is -1.89. The van der Waals surface area contributed by atoms with Crippen molar-refractivity contribution in [2.24, 2.45) is 0 Å². The first kappa shape index (κ1) is 10.8. The summed E-state index contributed by atoms with van der Waals surface area (Å²) in [7, 11) is 0. The van der Waals surface area contributed by atoms with Gasteiger partial charge in [-0.25, -0.2) is 0 Å². The quantitative estimate of drug-likeness (QED) is 0.528. The van der Waals surface area contributed by atoms with Gasteiger partial charge in [-0.1, -0.05) is 44.0 Å². The van der Waals surface area contributed by atoms with Crippen LogP contribution in [0.5, 0.6) is 0 Å². The Morgan fingerprint density at radius 2 is 0.786 bits per heavy atom. The summed E-state index contributed by atoms with van der Waals surface area (Å²) in [5.74, 6) is 0. The molecule has 0 aromatic heterocycles. The van der Waals surface area contributed by atoms with Crippen molar-refractivity contribution in [3.05, 3.63) is 60.8 Å². The predicted octanol–water partition coefficient (Wildman–Crippen LogP) is 4.34. The van der Waals surface area contributed by atoms with E-state index in [1.165, 1.54) is 0 Å². The van der Waals surface area contributed by atoms with Crippen LogP contribution in [0.1, 0.15) is 25.7 Å². The zero-order valence-electron chi connectivity index (χ0n) is 8.86. The molecule has 1 aliphatic rings. The van der Waals surface area contributed by atoms with Crippen LogP contribution in [0.25, 0.3) is 0 Å². The summed E-state index contributed by atoms with van der Waals surface area (Å²) in [6, 6.07) is 0. The molecule has 0 aromatic carbocycles. The van der Waals surface area contributed by atoms with Gasteiger partial charge in [-0.3, -0.25) is 0 Å². The first-order valence-corrected chi connectivity index (χ1v) is 4.93. The molecule has 0 amide bonds. The molecule has 14 heavy (non-hydrogen) atoms. The third-order valence-corrected chi connectivity index (χ3v) is 2.81. The Morgan fingerprint density at radius 3 is 1.14 bits per heavy atom. The molecule has 0 N–H and O–H groups in total. The summed E-state index contributed by atoms with van der Waals surface area (Å²) in [6.45, 7) is 20.1. The van der Waals surface area contributed by atoms with E-state index in [9.17, 15) is 0 Å². The van der Waals surface area contributed by atoms with E-state index in [1.54, 1.807) is 0 Å². The Labute approximate surface area is 87.0 Å². The Kier molecular flexibility index (Phi) is 3.29. The molecule has 0 atom stereocenters. The monoisotopic (exact) mass is 186 g/mol. The largest absolute Gasteiger partial charge is 0.0956 e. The molecule has 0 aliphatic heterocycles. The summed E-state index contributed by atoms with van der Waals surface area (Å²) < 4.78 is 0. The SMILES string of the molecule is C=C1CCC(=C)C(=C)C(=C)CCC1=C. The maximum atomic E-state index is 4.02. The van der Waals surface area contributed by atoms with E-state index in [4.69, 9.17) is 0 Å². The summed E-state index contributed by atoms with van der Waals surface area (Å²) >= 11 is 0. The van der Waals surface area contributed by atoms with Crippen molar-refractivity contribution in [1.82, 2.24) is 0 Å². The lowest BCUT2D eigenvalue weighted by molar-refractivity contribution is 0.926. The van der Waals surface area contributed by atoms with Crippen molar-refractivity contribution in [3.63, 3.8) is 0 Å². The minimum Gasteiger partial charge on any atom is -0.0956 e. The van der Waals surface area contributed by atoms with Crippen LogP contribution in [-0.2, 0) is 0 Å². The van der Waals surface area contributed by atoms with Crippen molar-refractivity contribution in [1.29, 1.82) is 0 Å². The second-order valence-corrected chi connectivity index (χ2v) is 3.89. The van der Waals surface area contributed by atoms with E-state index in [2.05, 4.69) is 32.9 Å². The molecular formula is C14H18. The third-order valence-electron chi connectivity index (χ3n) is 2.81. The maximum Gasteiger partial charge on any atom is -0.0238 e. The van der Waals surface area contributed by atoms with Gasteiger partial charge in [0.2, 0.25) is 0 Å². The van der Waals surface area contributed by atoms with Gasteiger partial charge in [-0.2, -0.15) is 0 Å². The van der Waals surface area contributed by atoms with Crippen molar-refractivity contribution >= 4 is 0 Å². The number of hydrogen-bond donors (Lipinski definition) is 0. The van der Waals surface area contributed by atoms with Crippen LogP contribution in [0.4, 0.5) is 0 Å². The standard InChI is InChI=1S/C14H18/c1-10-6-8-12(3)14(5)13(4)9-7-11(10)2/h1-9H2. The van der Waals surface area contributed by atoms with Gasteiger partial charge >= 0.3 is 0 Å². The van der Waals surface area contributed by atoms with Crippen LogP contribution in [0.3, 0.4) is 0 Å². The van der Waals surface area contributed by atoms with Crippen LogP contribution in [0.15, 0.2) is 60.8 Å². The van der Waals surface area contributed by atoms with Crippen LogP contribution in [-0.4, -0.2) is 0 Å². The average molecular weight is 186 g/mol. The Bertz CT molecular complexity index is 294. The maximum absolute atomic E-state index is 4.02. The highest BCUT2D eigenvalue weighted by Gasteiger charge is 2.11. The highest BCUT2D eigenvalue weighted by atomic mass is 14.2. The van der Waals surface area contributed by atoms with E-state index < -0.39 is 0 Å². The van der Waals surface area contributed by atoms with Gasteiger partial charge < -0.3 is 0 Å². The molecule has 1 saturated carbocycles. The summed E-state index contributed by atoms with van der Waals surface area (Å²) in [6.07, 6.45) is 3.75. The van der Waals surface area contributed by atoms with Crippen molar-refractivity contribution < 1.29 is 0 Å². The molecule has 0 radical (unpaired) electrons. The van der Waals surface area contributed by atoms with Crippen molar-refractivity contribution in [2.75, 3.05) is 0 Å². The minimum atomic E-state index is 0.926. The highest BCUT2D eigenvalue weighted by Crippen LogP contribution is 2.30. The van der Waals surface area contributed by atoms with Gasteiger partial charge in [-0.05, 0) is 42.4 Å². The second kappa shape index (κ2) is 4.28. The van der Waals surface area contributed by atoms with Crippen LogP contribution >= 0.6 is 0 Å². The molecule has 0 heterocycles. The first-order chi connectivity index (χ1) is 6.52. The molecule has 74 valence electrons. The zero-order valence-corrected chi connectivity index (χ0v) is 8.86. The molecule has 0 heteroatoms. The zero-order chi connectivity index (χ0) is 10.7. The highest BCUT2D eigenvalue weighted by molar-refractivity contribution is 5.44. The lowest BCUT2D eigenvalue weighted by Gasteiger charge is -2.08. The van der Waals surface area contributed by atoms with Gasteiger partial charge in [0.1, 0.15) is 0 Å². The topological polar surface area (TPSA) is 0 Å². The van der Waals surface area contributed by atoms with Gasteiger partial charge in [0.25, 0.3) is 0 Å². The Hall–Kier alpha value is -1.30. The summed E-state index contributed by atoms with van der Waals surface area (Å²) in [5, 5.41) is 0. The van der Waals surface area contributed by atoms with Crippen molar-refractivity contribution in [3.8, 4) is 0 Å². The molecule has 1 fully saturated rings. The Morgan fingerprint density at radius 1 is 0.500 bits per heavy atom. The normalized spacial score (nSPS) is 20.4. The average Bonchev–Trinajstić information content (AvgIpc) is 2.21. The molecule has 0 nitrogen and oxygen atoms in total. The first-order valence-electron chi connectivity index (χ1n) is 4.93. The van der Waals surface area contributed by atoms with E-state index in [0.29, 0.717) is 0 Å². The van der Waals surface area contributed by atoms with Crippen LogP contribution < -0.4 is 0 Å². The van der Waals surface area contributed by atoms with Gasteiger partial charge in [0, 0.05) is 0 Å². The summed E-state index contributed by atoms with van der Waals surface area (Å²) in [4.78, 5) is 0. The smallest absolute Gasteiger partial charge is 0.0238 e. The van der Waals surface area contributed by atoms with Crippen LogP contribution in [0.2, 0.25) is 0 Å². The fraction of sp³-hybridized carbons (Fsp3) is 0.286. The molecular weight excluding hydrogens is 168 g/mol. The van der Waals surface area contributed by atoms with E-state index in [1.807, 2.05) is 0 Å². The Balaban J connectivity index is 2.84. The van der Waals surface area contributed by atoms with Gasteiger partial charge in [-0.15, -0.1) is 0 Å². The molecule has 0 aromatic rings. The van der Waals surface area contributed by atoms with Crippen LogP contribution in [0, 0.1) is 0 Å². The van der Waals surface area contributed by atoms with Crippen molar-refractivity contribution in [2.45, 2.75) is 25.7 Å². The molecule has 0 unspecified atom stereocenters. The molecule has 0 spiro atoms. The lowest BCUT2D eigenvalue weighted by atomic mass is 9.97. The second-order valence-electron chi connectivity index (χ2n) is 3.89. The van der Waals surface area contributed by atoms with E-state index >= 15 is 0 Å². The summed E-state index contributed by atoms with van der Waals surface area (Å²) in [5.41, 5.74) is 5.49. The number of hydrogen-bond acceptors (Lipinski definition) is 0. The number of rotatable bonds is 0. The molecule has 0 bridgehead atoms. The number of allylic oxidation sites excluding steroid dienone is 5. The fourth-order valence-electron chi connectivity index (χ4n) is 1.51. The molecule has 1 aliphatic carbocycles. The molecule has 0 saturated heterocycles. The van der Waals surface area contributed by atoms with E-state index in [-0.39, 0.29) is 0 Å². The minimum absolute atomic E-state index is 0.926. The fourth-order valence-corrected chi connectivity index (χ4v) is 1.51. The third kappa shape index (κ3) is 2.35. The predicted molar refractivity (Wildman–Crippen MR) is 64.2 cm³/mol. The van der Waals surface area contributed by atoms with Gasteiger partial charge in [0.05, 0.1) is 0 Å². The van der Waals surface area contributed by atoms with E-state index in [0.717, 1.165) is 53.5 Å². The van der Waals surface area contributed by atoms with Gasteiger partial charge in [0.15, 0.2) is 0 Å².